The van der Waals surface area contributed by atoms with Gasteiger partial charge in [0.25, 0.3) is 0 Å². The number of hydrogen-bond acceptors (Lipinski definition) is 26. The monoisotopic (exact) mass is 1430 g/mol. The van der Waals surface area contributed by atoms with Gasteiger partial charge in [0, 0.05) is 152 Å². The van der Waals surface area contributed by atoms with Crippen LogP contribution in [0.4, 0.5) is 23.0 Å². The van der Waals surface area contributed by atoms with E-state index in [1.807, 2.05) is 24.3 Å². The molecule has 4 saturated heterocycles. The highest BCUT2D eigenvalue weighted by Crippen LogP contribution is 2.48. The van der Waals surface area contributed by atoms with E-state index in [0.717, 1.165) is 102 Å². The van der Waals surface area contributed by atoms with E-state index in [1.165, 1.54) is 12.7 Å². The number of halogens is 2. The fourth-order valence-electron chi connectivity index (χ4n) is 10.3. The maximum absolute atomic E-state index is 9.55. The number of anilines is 4. The fourth-order valence-corrected chi connectivity index (χ4v) is 10.7. The quantitative estimate of drug-likeness (QED) is 0.0317. The number of ether oxygens (including phenoxy) is 10. The lowest BCUT2D eigenvalue weighted by Crippen LogP contribution is -2.45. The van der Waals surface area contributed by atoms with E-state index in [9.17, 15) is 28.8 Å². The first-order chi connectivity index (χ1) is 48.2. The lowest BCUT2D eigenvalue weighted by Gasteiger charge is -2.32. The zero-order chi connectivity index (χ0) is 71.5. The lowest BCUT2D eigenvalue weighted by atomic mass is 10.1. The van der Waals surface area contributed by atoms with Gasteiger partial charge in [-0.15, -0.1) is 0 Å². The molecule has 4 fully saturated rings. The topological polar surface area (TPSA) is 405 Å². The molecular formula is C66H76Cl2N10O22. The Morgan fingerprint density at radius 3 is 1.16 bits per heavy atom. The van der Waals surface area contributed by atoms with Crippen molar-refractivity contribution in [2.45, 2.75) is 37.9 Å². The molecule has 0 amide bonds. The number of piperazine rings is 2. The molecule has 0 bridgehead atoms. The van der Waals surface area contributed by atoms with Gasteiger partial charge in [0.2, 0.25) is 13.6 Å². The minimum atomic E-state index is -1.26. The second kappa shape index (κ2) is 38.3. The van der Waals surface area contributed by atoms with Crippen molar-refractivity contribution in [3.8, 4) is 46.0 Å². The minimum Gasteiger partial charge on any atom is -0.492 e. The van der Waals surface area contributed by atoms with Crippen LogP contribution >= 0.6 is 23.2 Å². The van der Waals surface area contributed by atoms with Gasteiger partial charge >= 0.3 is 35.8 Å². The van der Waals surface area contributed by atoms with Crippen LogP contribution in [0.3, 0.4) is 0 Å². The van der Waals surface area contributed by atoms with E-state index < -0.39 is 35.8 Å². The molecule has 0 unspecified atom stereocenters. The van der Waals surface area contributed by atoms with Crippen molar-refractivity contribution in [1.29, 1.82) is 0 Å². The SMILES string of the molecule is CN1CCN(CCOc2cc(OC3CCOCC3)c3c(Nc4c(Cl)ccc5c4OCO5)ncnc3c2)CC1.CN1CCN(CCOc2cc(OC3CCOCC3)c3c(Nc4c(Cl)ccc5c4OCO5)ncnc3c2)CC1.O=C(O)/C=C/C(=O)O.O=C(O)/C=C/C(=O)O.O=C(O)/C=C/C(=O)O. The van der Waals surface area contributed by atoms with Crippen molar-refractivity contribution >= 4 is 104 Å². The van der Waals surface area contributed by atoms with Gasteiger partial charge in [-0.05, 0) is 38.4 Å². The van der Waals surface area contributed by atoms with E-state index in [-0.39, 0.29) is 25.8 Å². The Kier molecular flexibility index (Phi) is 29.0. The molecule has 12 rings (SSSR count). The Morgan fingerprint density at radius 1 is 0.490 bits per heavy atom. The van der Waals surface area contributed by atoms with Gasteiger partial charge in [-0.3, -0.25) is 9.80 Å². The summed E-state index contributed by atoms with van der Waals surface area (Å²) in [5, 5.41) is 56.1. The van der Waals surface area contributed by atoms with Gasteiger partial charge in [0.1, 0.15) is 84.1 Å². The summed E-state index contributed by atoms with van der Waals surface area (Å²) in [5.41, 5.74) is 2.60. The molecule has 6 aliphatic rings. The molecule has 536 valence electrons. The number of nitrogens with one attached hydrogen (secondary N) is 2. The third-order valence-electron chi connectivity index (χ3n) is 15.4. The maximum Gasteiger partial charge on any atom is 0.328 e. The summed E-state index contributed by atoms with van der Waals surface area (Å²) >= 11 is 13.1. The van der Waals surface area contributed by atoms with Crippen LogP contribution in [-0.2, 0) is 38.2 Å². The molecular weight excluding hydrogens is 1360 g/mol. The number of benzene rings is 4. The normalized spacial score (nSPS) is 16.4. The minimum absolute atomic E-state index is 0.0295. The van der Waals surface area contributed by atoms with Crippen LogP contribution in [0.15, 0.2) is 97.6 Å². The number of carbonyl (C=O) groups is 6. The van der Waals surface area contributed by atoms with E-state index >= 15 is 0 Å². The predicted molar refractivity (Wildman–Crippen MR) is 362 cm³/mol. The summed E-state index contributed by atoms with van der Waals surface area (Å²) in [6.07, 6.45) is 9.71. The molecule has 8 heterocycles. The molecule has 0 aliphatic carbocycles. The first kappa shape index (κ1) is 75.7. The first-order valence-corrected chi connectivity index (χ1v) is 32.2. The third-order valence-corrected chi connectivity index (χ3v) is 16.0. The second-order valence-electron chi connectivity index (χ2n) is 22.5. The van der Waals surface area contributed by atoms with Crippen molar-refractivity contribution in [3.63, 3.8) is 0 Å². The van der Waals surface area contributed by atoms with Crippen LogP contribution in [0.5, 0.6) is 46.0 Å². The van der Waals surface area contributed by atoms with E-state index in [0.29, 0.717) is 166 Å². The van der Waals surface area contributed by atoms with Crippen LogP contribution in [-0.4, -0.2) is 251 Å². The highest BCUT2D eigenvalue weighted by Gasteiger charge is 2.27. The molecule has 8 N–H and O–H groups in total. The number of nitrogens with zero attached hydrogens (tertiary/aromatic N) is 8. The molecule has 4 aromatic carbocycles. The second-order valence-corrected chi connectivity index (χ2v) is 23.3. The fraction of sp³-hybridized carbons (Fsp3) is 0.394. The van der Waals surface area contributed by atoms with E-state index in [1.54, 1.807) is 24.3 Å². The average molecular weight is 1430 g/mol. The van der Waals surface area contributed by atoms with Crippen LogP contribution in [0.2, 0.25) is 10.0 Å². The van der Waals surface area contributed by atoms with Crippen molar-refractivity contribution < 1.29 is 107 Å². The summed E-state index contributed by atoms with van der Waals surface area (Å²) in [6, 6.07) is 14.9. The summed E-state index contributed by atoms with van der Waals surface area (Å²) < 4.78 is 59.0. The molecule has 0 saturated carbocycles. The predicted octanol–water partition coefficient (Wildman–Crippen LogP) is 7.01. The standard InChI is InChI=1S/2C27H32ClN5O5.3C4H4O4/c2*1-32-6-8-33(9-7-32)10-13-35-19-14-21-24(23(15-19)38-18-4-11-34-12-5-18)27(30-16-29-21)31-25-20(28)2-3-22-26(25)37-17-36-22;3*5-3(6)1-2-4(7)8/h2*2-3,14-16,18H,4-13,17H2,1H3,(H,29,30,31);3*1-2H,(H,5,6)(H,7,8)/b;;3*2-1+. The number of hydrogen-bond donors (Lipinski definition) is 8. The Labute approximate surface area is 582 Å². The number of aliphatic carboxylic acids is 6. The van der Waals surface area contributed by atoms with Gasteiger partial charge in [0.15, 0.2) is 23.0 Å². The zero-order valence-corrected chi connectivity index (χ0v) is 56.0. The average Bonchev–Trinajstić information content (AvgIpc) is 0.918. The first-order valence-electron chi connectivity index (χ1n) is 31.4. The summed E-state index contributed by atoms with van der Waals surface area (Å²) in [7, 11) is 4.32. The van der Waals surface area contributed by atoms with Crippen LogP contribution < -0.4 is 48.5 Å². The highest BCUT2D eigenvalue weighted by atomic mass is 35.5. The molecule has 2 aromatic heterocycles. The summed E-state index contributed by atoms with van der Waals surface area (Å²) in [4.78, 5) is 85.1. The van der Waals surface area contributed by atoms with Crippen molar-refractivity contribution in [2.24, 2.45) is 0 Å². The number of rotatable bonds is 22. The van der Waals surface area contributed by atoms with Gasteiger partial charge < -0.3 is 98.4 Å². The van der Waals surface area contributed by atoms with Crippen molar-refractivity contribution in [1.82, 2.24) is 39.5 Å². The van der Waals surface area contributed by atoms with Gasteiger partial charge in [-0.1, -0.05) is 23.2 Å². The smallest absolute Gasteiger partial charge is 0.328 e. The summed E-state index contributed by atoms with van der Waals surface area (Å²) in [5.74, 6) is -1.29. The number of carboxylic acid groups (broad SMARTS) is 6. The molecule has 0 radical (unpaired) electrons. The Morgan fingerprint density at radius 2 is 0.830 bits per heavy atom. The number of likely N-dealkylation sites (N-methyl/N-ethyl adjacent to an activating group) is 2. The van der Waals surface area contributed by atoms with Crippen molar-refractivity contribution in [3.05, 3.63) is 108 Å². The molecule has 34 heteroatoms. The molecule has 0 atom stereocenters. The number of carboxylic acids is 6. The van der Waals surface area contributed by atoms with E-state index in [4.69, 9.17) is 101 Å². The summed E-state index contributed by atoms with van der Waals surface area (Å²) in [6.45, 7) is 14.4. The lowest BCUT2D eigenvalue weighted by molar-refractivity contribution is -0.134. The number of aromatic nitrogens is 4. The molecule has 0 spiro atoms. The zero-order valence-electron chi connectivity index (χ0n) is 54.5. The van der Waals surface area contributed by atoms with E-state index in [2.05, 4.69) is 64.3 Å². The molecule has 100 heavy (non-hydrogen) atoms. The Bertz CT molecular complexity index is 3570. The van der Waals surface area contributed by atoms with Crippen LogP contribution in [0.1, 0.15) is 25.7 Å². The molecule has 6 aromatic rings. The van der Waals surface area contributed by atoms with Crippen LogP contribution in [0, 0.1) is 0 Å². The largest absolute Gasteiger partial charge is 0.492 e. The Balaban J connectivity index is 0.000000192. The number of fused-ring (bicyclic) bond motifs is 4. The Hall–Kier alpha value is -10.1. The highest BCUT2D eigenvalue weighted by molar-refractivity contribution is 6.34. The molecule has 6 aliphatic heterocycles. The van der Waals surface area contributed by atoms with Crippen LogP contribution in [0.25, 0.3) is 21.8 Å². The van der Waals surface area contributed by atoms with Gasteiger partial charge in [-0.25, -0.2) is 48.7 Å². The maximum atomic E-state index is 9.55. The van der Waals surface area contributed by atoms with Gasteiger partial charge in [0.05, 0.1) is 58.3 Å². The third kappa shape index (κ3) is 23.9. The van der Waals surface area contributed by atoms with Crippen molar-refractivity contribution in [2.75, 3.05) is 143 Å². The molecule has 32 nitrogen and oxygen atoms in total. The van der Waals surface area contributed by atoms with Gasteiger partial charge in [-0.2, -0.15) is 0 Å².